The van der Waals surface area contributed by atoms with Gasteiger partial charge in [0, 0.05) is 12.4 Å². The van der Waals surface area contributed by atoms with Crippen LogP contribution in [0.5, 0.6) is 0 Å². The third-order valence-corrected chi connectivity index (χ3v) is 3.89. The summed E-state index contributed by atoms with van der Waals surface area (Å²) in [7, 11) is 2.06. The summed E-state index contributed by atoms with van der Waals surface area (Å²) in [4.78, 5) is 5.67. The number of para-hydroxylation sites is 1. The van der Waals surface area contributed by atoms with Crippen LogP contribution in [0.4, 0.5) is 5.69 Å². The highest BCUT2D eigenvalue weighted by Crippen LogP contribution is 2.19. The number of rotatable bonds is 2. The second-order valence-corrected chi connectivity index (χ2v) is 5.11. The van der Waals surface area contributed by atoms with Crippen molar-refractivity contribution in [3.63, 3.8) is 0 Å². The first-order chi connectivity index (χ1) is 9.34. The van der Waals surface area contributed by atoms with E-state index in [4.69, 9.17) is 0 Å². The summed E-state index contributed by atoms with van der Waals surface area (Å²) < 4.78 is 2.13. The lowest BCUT2D eigenvalue weighted by atomic mass is 10.2. The zero-order chi connectivity index (χ0) is 13.1. The van der Waals surface area contributed by atoms with Gasteiger partial charge in [0.2, 0.25) is 0 Å². The molecule has 1 heterocycles. The summed E-state index contributed by atoms with van der Waals surface area (Å²) in [6.07, 6.45) is 0. The molecule has 0 aliphatic carbocycles. The van der Waals surface area contributed by atoms with Gasteiger partial charge in [0.25, 0.3) is 0 Å². The molecule has 0 fully saturated rings. The average Bonchev–Trinajstić information content (AvgIpc) is 2.82. The lowest BCUT2D eigenvalue weighted by molar-refractivity contribution is 0.883. The first-order valence-corrected chi connectivity index (χ1v) is 7.02. The van der Waals surface area contributed by atoms with E-state index in [1.165, 1.54) is 11.3 Å². The zero-order valence-electron chi connectivity index (χ0n) is 10.7. The summed E-state index contributed by atoms with van der Waals surface area (Å²) in [5.74, 6) is 0. The van der Waals surface area contributed by atoms with E-state index in [-0.39, 0.29) is 0 Å². The molecule has 0 radical (unpaired) electrons. The largest absolute Gasteiger partial charge is 0.320 e. The van der Waals surface area contributed by atoms with E-state index in [0.29, 0.717) is 0 Å². The topological polar surface area (TPSA) is 17.3 Å². The second-order valence-electron chi connectivity index (χ2n) is 4.28. The fourth-order valence-corrected chi connectivity index (χ4v) is 2.88. The summed E-state index contributed by atoms with van der Waals surface area (Å²) >= 11 is 1.66. The van der Waals surface area contributed by atoms with Crippen molar-refractivity contribution in [3.05, 3.63) is 70.8 Å². The Morgan fingerprint density at radius 1 is 0.895 bits per heavy atom. The Bertz CT molecular complexity index is 724. The van der Waals surface area contributed by atoms with Crippen LogP contribution in [-0.2, 0) is 7.05 Å². The fourth-order valence-electron chi connectivity index (χ4n) is 1.95. The lowest BCUT2D eigenvalue weighted by Crippen LogP contribution is -2.10. The highest BCUT2D eigenvalue weighted by molar-refractivity contribution is 7.07. The summed E-state index contributed by atoms with van der Waals surface area (Å²) in [6, 6.07) is 20.4. The average molecular weight is 266 g/mol. The monoisotopic (exact) mass is 266 g/mol. The molecule has 94 valence electrons. The summed E-state index contributed by atoms with van der Waals surface area (Å²) in [5, 5.41) is 2.15. The van der Waals surface area contributed by atoms with Gasteiger partial charge in [-0.3, -0.25) is 0 Å². The van der Waals surface area contributed by atoms with Crippen molar-refractivity contribution in [2.45, 2.75) is 0 Å². The van der Waals surface area contributed by atoms with E-state index in [1.807, 2.05) is 36.4 Å². The van der Waals surface area contributed by atoms with Crippen molar-refractivity contribution < 1.29 is 0 Å². The molecule has 3 aromatic rings. The maximum absolute atomic E-state index is 4.67. The Morgan fingerprint density at radius 2 is 1.53 bits per heavy atom. The number of thiazole rings is 1. The van der Waals surface area contributed by atoms with Crippen LogP contribution in [-0.4, -0.2) is 4.57 Å². The second kappa shape index (κ2) is 5.24. The van der Waals surface area contributed by atoms with Crippen LogP contribution in [0.15, 0.2) is 71.0 Å². The third kappa shape index (κ3) is 2.51. The maximum Gasteiger partial charge on any atom is 0.190 e. The predicted octanol–water partition coefficient (Wildman–Crippen LogP) is 3.99. The van der Waals surface area contributed by atoms with E-state index in [1.54, 1.807) is 11.3 Å². The van der Waals surface area contributed by atoms with Gasteiger partial charge in [0.15, 0.2) is 4.80 Å². The molecule has 0 saturated heterocycles. The molecule has 19 heavy (non-hydrogen) atoms. The van der Waals surface area contributed by atoms with Gasteiger partial charge >= 0.3 is 0 Å². The number of aromatic nitrogens is 1. The predicted molar refractivity (Wildman–Crippen MR) is 80.4 cm³/mol. The fraction of sp³-hybridized carbons (Fsp3) is 0.0625. The van der Waals surface area contributed by atoms with Crippen LogP contribution in [0.25, 0.3) is 11.3 Å². The molecule has 2 aromatic carbocycles. The van der Waals surface area contributed by atoms with E-state index in [9.17, 15) is 0 Å². The molecule has 2 nitrogen and oxygen atoms in total. The maximum atomic E-state index is 4.67. The number of nitrogens with zero attached hydrogens (tertiary/aromatic N) is 2. The van der Waals surface area contributed by atoms with Gasteiger partial charge in [0.1, 0.15) is 0 Å². The molecule has 1 aromatic heterocycles. The van der Waals surface area contributed by atoms with Gasteiger partial charge in [0.05, 0.1) is 11.4 Å². The van der Waals surface area contributed by atoms with E-state index >= 15 is 0 Å². The molecule has 3 heteroatoms. The number of benzene rings is 2. The standard InChI is InChI=1S/C16H14N2S/c1-18-15(13-8-4-2-5-9-13)12-19-16(18)17-14-10-6-3-7-11-14/h2-12H,1H3. The van der Waals surface area contributed by atoms with Gasteiger partial charge in [-0.1, -0.05) is 48.5 Å². The molecular weight excluding hydrogens is 252 g/mol. The van der Waals surface area contributed by atoms with E-state index in [2.05, 4.69) is 46.3 Å². The first kappa shape index (κ1) is 11.9. The minimum atomic E-state index is 0.986. The quantitative estimate of drug-likeness (QED) is 0.667. The molecule has 3 rings (SSSR count). The van der Waals surface area contributed by atoms with Crippen LogP contribution in [0, 0.1) is 0 Å². The summed E-state index contributed by atoms with van der Waals surface area (Å²) in [6.45, 7) is 0. The van der Waals surface area contributed by atoms with Gasteiger partial charge in [-0.2, -0.15) is 0 Å². The molecule has 0 aliphatic rings. The minimum Gasteiger partial charge on any atom is -0.320 e. The normalized spacial score (nSPS) is 11.7. The van der Waals surface area contributed by atoms with Crippen LogP contribution in [0.3, 0.4) is 0 Å². The SMILES string of the molecule is Cn1c(-c2ccccc2)csc1=Nc1ccccc1. The van der Waals surface area contributed by atoms with Gasteiger partial charge in [-0.15, -0.1) is 11.3 Å². The van der Waals surface area contributed by atoms with Crippen LogP contribution in [0.2, 0.25) is 0 Å². The van der Waals surface area contributed by atoms with Crippen molar-refractivity contribution in [2.24, 2.45) is 12.0 Å². The van der Waals surface area contributed by atoms with Gasteiger partial charge in [-0.05, 0) is 17.7 Å². The van der Waals surface area contributed by atoms with E-state index < -0.39 is 0 Å². The van der Waals surface area contributed by atoms with E-state index in [0.717, 1.165) is 10.5 Å². The number of hydrogen-bond acceptors (Lipinski definition) is 2. The molecular formula is C16H14N2S. The Labute approximate surface area is 116 Å². The van der Waals surface area contributed by atoms with Crippen molar-refractivity contribution in [2.75, 3.05) is 0 Å². The molecule has 0 bridgehead atoms. The highest BCUT2D eigenvalue weighted by Gasteiger charge is 2.03. The third-order valence-electron chi connectivity index (χ3n) is 2.97. The molecule has 0 saturated carbocycles. The zero-order valence-corrected chi connectivity index (χ0v) is 11.5. The van der Waals surface area contributed by atoms with Crippen LogP contribution < -0.4 is 4.80 Å². The van der Waals surface area contributed by atoms with Crippen molar-refractivity contribution >= 4 is 17.0 Å². The molecule has 0 spiro atoms. The Kier molecular flexibility index (Phi) is 3.29. The van der Waals surface area contributed by atoms with Crippen LogP contribution >= 0.6 is 11.3 Å². The smallest absolute Gasteiger partial charge is 0.190 e. The Morgan fingerprint density at radius 3 is 2.21 bits per heavy atom. The molecule has 0 atom stereocenters. The van der Waals surface area contributed by atoms with Crippen molar-refractivity contribution in [3.8, 4) is 11.3 Å². The minimum absolute atomic E-state index is 0.986. The van der Waals surface area contributed by atoms with Gasteiger partial charge < -0.3 is 4.57 Å². The molecule has 0 aliphatic heterocycles. The Balaban J connectivity index is 2.07. The number of hydrogen-bond donors (Lipinski definition) is 0. The Hall–Kier alpha value is -2.13. The lowest BCUT2D eigenvalue weighted by Gasteiger charge is -2.02. The molecule has 0 unspecified atom stereocenters. The molecule has 0 amide bonds. The van der Waals surface area contributed by atoms with Crippen molar-refractivity contribution in [1.82, 2.24) is 4.57 Å². The highest BCUT2D eigenvalue weighted by atomic mass is 32.1. The molecule has 0 N–H and O–H groups in total. The van der Waals surface area contributed by atoms with Crippen molar-refractivity contribution in [1.29, 1.82) is 0 Å². The first-order valence-electron chi connectivity index (χ1n) is 6.14. The van der Waals surface area contributed by atoms with Gasteiger partial charge in [-0.25, -0.2) is 4.99 Å². The summed E-state index contributed by atoms with van der Waals surface area (Å²) in [5.41, 5.74) is 3.40. The van der Waals surface area contributed by atoms with Crippen LogP contribution in [0.1, 0.15) is 0 Å².